The molecule has 1 aliphatic carbocycles. The zero-order valence-electron chi connectivity index (χ0n) is 9.17. The van der Waals surface area contributed by atoms with Gasteiger partial charge in [-0.3, -0.25) is 8.98 Å². The van der Waals surface area contributed by atoms with Crippen LogP contribution in [0.4, 0.5) is 0 Å². The normalized spacial score (nSPS) is 38.9. The third-order valence-corrected chi connectivity index (χ3v) is 5.24. The van der Waals surface area contributed by atoms with Crippen LogP contribution in [-0.4, -0.2) is 50.4 Å². The molecule has 0 aromatic heterocycles. The minimum absolute atomic E-state index is 0.0584. The molecule has 98 valence electrons. The molecule has 2 rings (SSSR count). The van der Waals surface area contributed by atoms with E-state index in [1.165, 1.54) is 7.11 Å². The van der Waals surface area contributed by atoms with Crippen molar-refractivity contribution in [2.75, 3.05) is 12.4 Å². The zero-order chi connectivity index (χ0) is 12.6. The summed E-state index contributed by atoms with van der Waals surface area (Å²) in [5.41, 5.74) is 0. The average molecular weight is 329 g/mol. The molecule has 1 heterocycles. The Morgan fingerprint density at radius 3 is 2.76 bits per heavy atom. The first-order valence-electron chi connectivity index (χ1n) is 5.18. The number of carbonyl (C=O) groups excluding carboxylic acids is 1. The van der Waals surface area contributed by atoms with E-state index in [1.54, 1.807) is 0 Å². The van der Waals surface area contributed by atoms with Crippen molar-refractivity contribution < 1.29 is 26.9 Å². The van der Waals surface area contributed by atoms with Crippen LogP contribution in [-0.2, 0) is 28.6 Å². The summed E-state index contributed by atoms with van der Waals surface area (Å²) in [6.45, 7) is 0. The largest absolute Gasteiger partial charge is 0.456 e. The summed E-state index contributed by atoms with van der Waals surface area (Å²) >= 11 is 2.98. The lowest BCUT2D eigenvalue weighted by atomic mass is 9.91. The predicted octanol–water partition coefficient (Wildman–Crippen LogP) is 0.199. The van der Waals surface area contributed by atoms with E-state index in [2.05, 4.69) is 15.9 Å². The van der Waals surface area contributed by atoms with Crippen LogP contribution in [0.1, 0.15) is 12.8 Å². The lowest BCUT2D eigenvalue weighted by Gasteiger charge is -2.32. The fourth-order valence-corrected chi connectivity index (χ4v) is 3.94. The van der Waals surface area contributed by atoms with Crippen molar-refractivity contribution in [1.82, 2.24) is 0 Å². The molecule has 2 bridgehead atoms. The summed E-state index contributed by atoms with van der Waals surface area (Å²) in [4.78, 5) is 11.2. The topological polar surface area (TPSA) is 78.9 Å². The molecule has 4 atom stereocenters. The molecule has 4 unspecified atom stereocenters. The molecule has 17 heavy (non-hydrogen) atoms. The molecule has 0 amide bonds. The van der Waals surface area contributed by atoms with Gasteiger partial charge in [0.05, 0.1) is 11.4 Å². The number of rotatable bonds is 3. The average Bonchev–Trinajstić information content (AvgIpc) is 2.53. The molecular formula is C9H13BrO6S. The Balaban J connectivity index is 2.17. The van der Waals surface area contributed by atoms with Crippen molar-refractivity contribution in [3.63, 3.8) is 0 Å². The number of hydrogen-bond donors (Lipinski definition) is 0. The molecule has 1 saturated carbocycles. The van der Waals surface area contributed by atoms with Crippen LogP contribution in [0.2, 0.25) is 0 Å². The molecule has 2 aliphatic rings. The van der Waals surface area contributed by atoms with Crippen LogP contribution in [0.5, 0.6) is 0 Å². The predicted molar refractivity (Wildman–Crippen MR) is 61.3 cm³/mol. The van der Waals surface area contributed by atoms with E-state index in [4.69, 9.17) is 13.7 Å². The Kier molecular flexibility index (Phi) is 3.77. The molecule has 0 spiro atoms. The van der Waals surface area contributed by atoms with Crippen molar-refractivity contribution in [3.8, 4) is 0 Å². The van der Waals surface area contributed by atoms with Gasteiger partial charge in [-0.15, -0.1) is 0 Å². The minimum Gasteiger partial charge on any atom is -0.456 e. The fourth-order valence-electron chi connectivity index (χ4n) is 2.27. The van der Waals surface area contributed by atoms with Gasteiger partial charge >= 0.3 is 5.97 Å². The Morgan fingerprint density at radius 1 is 1.47 bits per heavy atom. The van der Waals surface area contributed by atoms with Gasteiger partial charge in [-0.05, 0) is 12.8 Å². The van der Waals surface area contributed by atoms with Crippen LogP contribution in [0.15, 0.2) is 0 Å². The van der Waals surface area contributed by atoms with Gasteiger partial charge in [0.2, 0.25) is 0 Å². The second-order valence-electron chi connectivity index (χ2n) is 4.08. The van der Waals surface area contributed by atoms with Gasteiger partial charge in [-0.1, -0.05) is 15.9 Å². The number of ether oxygens (including phenoxy) is 2. The van der Waals surface area contributed by atoms with Gasteiger partial charge in [-0.2, -0.15) is 8.42 Å². The number of hydrogen-bond acceptors (Lipinski definition) is 6. The Labute approximate surface area is 108 Å². The van der Waals surface area contributed by atoms with Crippen molar-refractivity contribution >= 4 is 32.0 Å². The number of esters is 1. The maximum atomic E-state index is 11.6. The minimum atomic E-state index is -3.53. The van der Waals surface area contributed by atoms with Crippen LogP contribution in [0.3, 0.4) is 0 Å². The monoisotopic (exact) mass is 328 g/mol. The Morgan fingerprint density at radius 2 is 2.18 bits per heavy atom. The van der Waals surface area contributed by atoms with Gasteiger partial charge < -0.3 is 9.47 Å². The number of carbonyl (C=O) groups is 1. The summed E-state index contributed by atoms with van der Waals surface area (Å²) in [7, 11) is -2.06. The van der Waals surface area contributed by atoms with Crippen LogP contribution < -0.4 is 0 Å². The van der Waals surface area contributed by atoms with Gasteiger partial charge in [0.1, 0.15) is 11.4 Å². The number of methoxy groups -OCH3 is 1. The van der Waals surface area contributed by atoms with Gasteiger partial charge in [-0.25, -0.2) is 0 Å². The highest BCUT2D eigenvalue weighted by Gasteiger charge is 2.53. The van der Waals surface area contributed by atoms with E-state index in [0.717, 1.165) is 0 Å². The van der Waals surface area contributed by atoms with Crippen LogP contribution in [0.25, 0.3) is 0 Å². The molecule has 0 N–H and O–H groups in total. The number of fused-ring (bicyclic) bond motifs is 2. The maximum absolute atomic E-state index is 11.6. The third kappa shape index (κ3) is 2.49. The third-order valence-electron chi connectivity index (χ3n) is 3.07. The first-order chi connectivity index (χ1) is 7.97. The summed E-state index contributed by atoms with van der Waals surface area (Å²) < 4.78 is 38.5. The van der Waals surface area contributed by atoms with Gasteiger partial charge in [0, 0.05) is 7.11 Å². The molecule has 0 aromatic carbocycles. The SMILES string of the molecule is COC1CC2CC(OS2(=O)=O)C1OC(=O)CBr. The zero-order valence-corrected chi connectivity index (χ0v) is 11.6. The maximum Gasteiger partial charge on any atom is 0.317 e. The summed E-state index contributed by atoms with van der Waals surface area (Å²) in [6.07, 6.45) is -1.04. The van der Waals surface area contributed by atoms with Gasteiger partial charge in [0.25, 0.3) is 10.1 Å². The first kappa shape index (κ1) is 13.3. The van der Waals surface area contributed by atoms with E-state index < -0.39 is 39.6 Å². The van der Waals surface area contributed by atoms with Crippen LogP contribution >= 0.6 is 15.9 Å². The van der Waals surface area contributed by atoms with E-state index in [1.807, 2.05) is 0 Å². The van der Waals surface area contributed by atoms with E-state index >= 15 is 0 Å². The standard InChI is InChI=1S/C9H13BrO6S/c1-14-6-2-5-3-7(16-17(5,12)13)9(6)15-8(11)4-10/h5-7,9H,2-4H2,1H3. The second-order valence-corrected chi connectivity index (χ2v) is 6.49. The molecule has 6 nitrogen and oxygen atoms in total. The summed E-state index contributed by atoms with van der Waals surface area (Å²) in [5.74, 6) is -0.455. The second kappa shape index (κ2) is 4.83. The van der Waals surface area contributed by atoms with Crippen molar-refractivity contribution in [1.29, 1.82) is 0 Å². The highest BCUT2D eigenvalue weighted by molar-refractivity contribution is 9.09. The number of alkyl halides is 1. The van der Waals surface area contributed by atoms with Crippen LogP contribution in [0, 0.1) is 0 Å². The fraction of sp³-hybridized carbons (Fsp3) is 0.889. The molecule has 1 aliphatic heterocycles. The smallest absolute Gasteiger partial charge is 0.317 e. The van der Waals surface area contributed by atoms with Crippen molar-refractivity contribution in [2.45, 2.75) is 36.4 Å². The quantitative estimate of drug-likeness (QED) is 0.418. The molecule has 2 fully saturated rings. The lowest BCUT2D eigenvalue weighted by Crippen LogP contribution is -2.46. The molecule has 0 radical (unpaired) electrons. The summed E-state index contributed by atoms with van der Waals surface area (Å²) in [5, 5.41) is -0.487. The summed E-state index contributed by atoms with van der Waals surface area (Å²) in [6, 6.07) is 0. The first-order valence-corrected chi connectivity index (χ1v) is 7.77. The number of halogens is 1. The van der Waals surface area contributed by atoms with E-state index in [0.29, 0.717) is 12.8 Å². The highest BCUT2D eigenvalue weighted by Crippen LogP contribution is 2.38. The van der Waals surface area contributed by atoms with E-state index in [-0.39, 0.29) is 5.33 Å². The van der Waals surface area contributed by atoms with Crippen molar-refractivity contribution in [3.05, 3.63) is 0 Å². The van der Waals surface area contributed by atoms with Gasteiger partial charge in [0.15, 0.2) is 6.10 Å². The highest BCUT2D eigenvalue weighted by atomic mass is 79.9. The Hall–Kier alpha value is -0.180. The lowest BCUT2D eigenvalue weighted by molar-refractivity contribution is -0.163. The van der Waals surface area contributed by atoms with E-state index in [9.17, 15) is 13.2 Å². The molecular weight excluding hydrogens is 316 g/mol. The molecule has 0 aromatic rings. The Bertz CT molecular complexity index is 408. The molecule has 1 saturated heterocycles. The molecule has 8 heteroatoms. The van der Waals surface area contributed by atoms with Crippen molar-refractivity contribution in [2.24, 2.45) is 0 Å².